The molecule has 1 aliphatic rings. The molecular weight excluding hydrogens is 468 g/mol. The van der Waals surface area contributed by atoms with Crippen LogP contribution in [0.1, 0.15) is 36.1 Å². The molecule has 180 valence electrons. The maximum atomic E-state index is 12.4. The van der Waals surface area contributed by atoms with Crippen molar-refractivity contribution in [2.45, 2.75) is 38.6 Å². The average Bonchev–Trinajstić information content (AvgIpc) is 3.53. The van der Waals surface area contributed by atoms with E-state index in [0.717, 1.165) is 33.6 Å². The molecule has 0 atom stereocenters. The number of H-pyrrole nitrogens is 1. The van der Waals surface area contributed by atoms with Gasteiger partial charge in [-0.1, -0.05) is 24.2 Å². The lowest BCUT2D eigenvalue weighted by molar-refractivity contribution is 0.261. The number of azo groups is 1. The first-order chi connectivity index (χ1) is 16.5. The first-order valence-electron chi connectivity index (χ1n) is 11.4. The number of anilines is 1. The monoisotopic (exact) mass is 498 g/mol. The molecular formula is C24H30N6O2S2. The average molecular weight is 499 g/mol. The van der Waals surface area contributed by atoms with Gasteiger partial charge in [-0.05, 0) is 63.7 Å². The number of aromatic nitrogens is 2. The van der Waals surface area contributed by atoms with Crippen LogP contribution in [0, 0.1) is 6.92 Å². The number of nitrogens with zero attached hydrogens (tertiary/aromatic N) is 4. The molecule has 0 saturated heterocycles. The minimum atomic E-state index is -0.138. The molecule has 0 aliphatic heterocycles. The third-order valence-electron chi connectivity index (χ3n) is 5.48. The molecule has 2 aromatic heterocycles. The van der Waals surface area contributed by atoms with Crippen molar-refractivity contribution in [1.82, 2.24) is 14.9 Å². The van der Waals surface area contributed by atoms with Gasteiger partial charge in [-0.25, -0.2) is 4.98 Å². The Hall–Kier alpha value is -2.82. The quantitative estimate of drug-likeness (QED) is 0.437. The number of hydrogen-bond donors (Lipinski definition) is 2. The van der Waals surface area contributed by atoms with Gasteiger partial charge in [-0.2, -0.15) is 10.2 Å². The molecule has 1 saturated carbocycles. The summed E-state index contributed by atoms with van der Waals surface area (Å²) in [6, 6.07) is 6.25. The van der Waals surface area contributed by atoms with E-state index >= 15 is 0 Å². The highest BCUT2D eigenvalue weighted by Crippen LogP contribution is 2.26. The fourth-order valence-corrected chi connectivity index (χ4v) is 5.35. The van der Waals surface area contributed by atoms with Crippen molar-refractivity contribution in [2.75, 3.05) is 32.6 Å². The number of ether oxygens (including phenoxy) is 1. The highest BCUT2D eigenvalue weighted by Gasteiger charge is 2.15. The van der Waals surface area contributed by atoms with Crippen LogP contribution in [0.5, 0.6) is 5.75 Å². The molecule has 0 spiro atoms. The van der Waals surface area contributed by atoms with Crippen LogP contribution in [0.25, 0.3) is 12.3 Å². The number of aromatic amines is 1. The minimum absolute atomic E-state index is 0.138. The van der Waals surface area contributed by atoms with Crippen molar-refractivity contribution in [3.63, 3.8) is 0 Å². The van der Waals surface area contributed by atoms with Gasteiger partial charge in [0, 0.05) is 18.8 Å². The van der Waals surface area contributed by atoms with Crippen molar-refractivity contribution in [3.8, 4) is 5.75 Å². The lowest BCUT2D eigenvalue weighted by Crippen LogP contribution is -2.19. The molecule has 4 rings (SSSR count). The van der Waals surface area contributed by atoms with Crippen LogP contribution >= 0.6 is 22.7 Å². The summed E-state index contributed by atoms with van der Waals surface area (Å²) in [5.41, 5.74) is 1.59. The van der Waals surface area contributed by atoms with Crippen LogP contribution < -0.4 is 24.8 Å². The second-order valence-corrected chi connectivity index (χ2v) is 10.7. The molecule has 10 heteroatoms. The van der Waals surface area contributed by atoms with Crippen molar-refractivity contribution >= 4 is 45.8 Å². The summed E-state index contributed by atoms with van der Waals surface area (Å²) in [5, 5.41) is 12.9. The fourth-order valence-electron chi connectivity index (χ4n) is 3.63. The summed E-state index contributed by atoms with van der Waals surface area (Å²) in [5.74, 6) is 0.815. The smallest absolute Gasteiger partial charge is 0.266 e. The predicted octanol–water partition coefficient (Wildman–Crippen LogP) is 3.85. The molecule has 0 radical (unpaired) electrons. The third-order valence-corrected chi connectivity index (χ3v) is 7.30. The molecule has 1 fully saturated rings. The van der Waals surface area contributed by atoms with Crippen LogP contribution in [-0.4, -0.2) is 48.2 Å². The van der Waals surface area contributed by atoms with Gasteiger partial charge in [-0.15, -0.1) is 11.3 Å². The maximum absolute atomic E-state index is 12.4. The van der Waals surface area contributed by atoms with Gasteiger partial charge >= 0.3 is 0 Å². The van der Waals surface area contributed by atoms with E-state index in [1.165, 1.54) is 37.0 Å². The minimum Gasteiger partial charge on any atom is -0.492 e. The first-order valence-corrected chi connectivity index (χ1v) is 13.0. The lowest BCUT2D eigenvalue weighted by Gasteiger charge is -2.11. The van der Waals surface area contributed by atoms with Crippen molar-refractivity contribution in [2.24, 2.45) is 10.2 Å². The van der Waals surface area contributed by atoms with E-state index in [4.69, 9.17) is 4.74 Å². The molecule has 34 heavy (non-hydrogen) atoms. The molecule has 3 aromatic rings. The number of thiazole rings is 2. The highest BCUT2D eigenvalue weighted by molar-refractivity contribution is 7.16. The maximum Gasteiger partial charge on any atom is 0.266 e. The van der Waals surface area contributed by atoms with Crippen LogP contribution in [0.2, 0.25) is 0 Å². The zero-order valence-corrected chi connectivity index (χ0v) is 21.3. The molecule has 0 unspecified atom stereocenters. The number of benzene rings is 1. The van der Waals surface area contributed by atoms with Crippen molar-refractivity contribution < 1.29 is 4.74 Å². The van der Waals surface area contributed by atoms with E-state index in [9.17, 15) is 4.79 Å². The lowest BCUT2D eigenvalue weighted by atomic mass is 10.2. The Labute approximate surface area is 206 Å². The zero-order chi connectivity index (χ0) is 23.9. The van der Waals surface area contributed by atoms with Gasteiger partial charge in [0.25, 0.3) is 5.56 Å². The van der Waals surface area contributed by atoms with Crippen LogP contribution in [0.15, 0.2) is 39.4 Å². The molecule has 0 bridgehead atoms. The van der Waals surface area contributed by atoms with E-state index in [0.29, 0.717) is 21.8 Å². The summed E-state index contributed by atoms with van der Waals surface area (Å²) < 4.78 is 7.02. The van der Waals surface area contributed by atoms with Gasteiger partial charge in [0.1, 0.15) is 17.0 Å². The second kappa shape index (κ2) is 11.5. The number of aryl methyl sites for hydroxylation is 1. The third kappa shape index (κ3) is 6.85. The van der Waals surface area contributed by atoms with E-state index in [1.807, 2.05) is 45.3 Å². The molecule has 1 aliphatic carbocycles. The highest BCUT2D eigenvalue weighted by atomic mass is 32.1. The van der Waals surface area contributed by atoms with Gasteiger partial charge in [0.2, 0.25) is 0 Å². The summed E-state index contributed by atoms with van der Waals surface area (Å²) in [6.45, 7) is 3.46. The van der Waals surface area contributed by atoms with E-state index in [2.05, 4.69) is 30.4 Å². The van der Waals surface area contributed by atoms with Crippen LogP contribution in [0.4, 0.5) is 10.8 Å². The van der Waals surface area contributed by atoms with E-state index in [1.54, 1.807) is 23.7 Å². The van der Waals surface area contributed by atoms with E-state index in [-0.39, 0.29) is 5.56 Å². The Morgan fingerprint density at radius 1 is 1.29 bits per heavy atom. The van der Waals surface area contributed by atoms with Gasteiger partial charge < -0.3 is 19.9 Å². The molecule has 0 amide bonds. The topological polar surface area (TPSA) is 95.0 Å². The number of hydrogen-bond acceptors (Lipinski definition) is 9. The summed E-state index contributed by atoms with van der Waals surface area (Å²) in [4.78, 5) is 22.7. The summed E-state index contributed by atoms with van der Waals surface area (Å²) in [7, 11) is 4.03. The Morgan fingerprint density at radius 2 is 2.12 bits per heavy atom. The predicted molar refractivity (Wildman–Crippen MR) is 140 cm³/mol. The standard InChI is InChI=1S/C24H30N6O2S2/c1-16-12-18(32-11-10-30(2)3)8-9-20(16)29-26-15-22-28-23(31)21(34-22)13-19-14-25-24(33-19)27-17-6-4-5-7-17/h8-9,12-15,17H,4-7,10-11H2,1-3H3,(H,25,27)(H,28,31)/b21-13-,22-15-,29-26?. The summed E-state index contributed by atoms with van der Waals surface area (Å²) >= 11 is 2.92. The second-order valence-electron chi connectivity index (χ2n) is 8.57. The molecule has 1 aromatic carbocycles. The first kappa shape index (κ1) is 24.3. The Kier molecular flexibility index (Phi) is 8.25. The van der Waals surface area contributed by atoms with Gasteiger partial charge in [-0.3, -0.25) is 4.79 Å². The van der Waals surface area contributed by atoms with Crippen LogP contribution in [-0.2, 0) is 0 Å². The summed E-state index contributed by atoms with van der Waals surface area (Å²) in [6.07, 6.45) is 10.2. The Bertz CT molecular complexity index is 1300. The van der Waals surface area contributed by atoms with Crippen molar-refractivity contribution in [1.29, 1.82) is 0 Å². The SMILES string of the molecule is Cc1cc(OCCN(C)C)ccc1N=N/C=c1/[nH]c(=O)/c(=C/c2cnc(NC3CCCC3)s2)s1. The fraction of sp³-hybridized carbons (Fsp3) is 0.417. The number of likely N-dealkylation sites (N-methyl/N-ethyl adjacent to an activating group) is 1. The number of nitrogens with one attached hydrogen (secondary N) is 2. The zero-order valence-electron chi connectivity index (χ0n) is 19.7. The molecule has 2 N–H and O–H groups in total. The largest absolute Gasteiger partial charge is 0.492 e. The van der Waals surface area contributed by atoms with Crippen LogP contribution in [0.3, 0.4) is 0 Å². The Morgan fingerprint density at radius 3 is 2.88 bits per heavy atom. The van der Waals surface area contributed by atoms with Gasteiger partial charge in [0.15, 0.2) is 5.13 Å². The Balaban J connectivity index is 1.42. The normalized spacial score (nSPS) is 15.8. The molecule has 8 nitrogen and oxygen atoms in total. The van der Waals surface area contributed by atoms with E-state index < -0.39 is 0 Å². The van der Waals surface area contributed by atoms with Gasteiger partial charge in [0.05, 0.1) is 21.3 Å². The molecule has 2 heterocycles. The number of rotatable bonds is 9. The van der Waals surface area contributed by atoms with Crippen molar-refractivity contribution in [3.05, 3.63) is 54.4 Å².